The van der Waals surface area contributed by atoms with Crippen LogP contribution in [-0.4, -0.2) is 23.0 Å². The first kappa shape index (κ1) is 9.45. The molecule has 0 bridgehead atoms. The van der Waals surface area contributed by atoms with Gasteiger partial charge in [-0.15, -0.1) is 0 Å². The van der Waals surface area contributed by atoms with Crippen LogP contribution in [-0.2, 0) is 4.74 Å². The number of methoxy groups -OCH3 is 1. The van der Waals surface area contributed by atoms with E-state index < -0.39 is 0 Å². The van der Waals surface area contributed by atoms with E-state index in [9.17, 15) is 4.79 Å². The molecule has 0 spiro atoms. The monoisotopic (exact) mass is 202 g/mol. The third-order valence-corrected chi connectivity index (χ3v) is 2.05. The highest BCUT2D eigenvalue weighted by Crippen LogP contribution is 2.17. The number of nitrogens with one attached hydrogen (secondary N) is 1. The van der Waals surface area contributed by atoms with Crippen molar-refractivity contribution in [3.8, 4) is 11.3 Å². The van der Waals surface area contributed by atoms with E-state index in [1.54, 1.807) is 18.5 Å². The SMILES string of the molecule is COC(=O)c1cc(-c2ccccn2)c[nH]1. The molecule has 0 unspecified atom stereocenters. The molecule has 2 aromatic heterocycles. The van der Waals surface area contributed by atoms with Crippen LogP contribution in [0.1, 0.15) is 10.5 Å². The second kappa shape index (κ2) is 3.96. The second-order valence-corrected chi connectivity index (χ2v) is 3.01. The fourth-order valence-electron chi connectivity index (χ4n) is 1.30. The summed E-state index contributed by atoms with van der Waals surface area (Å²) in [4.78, 5) is 18.2. The van der Waals surface area contributed by atoms with Gasteiger partial charge >= 0.3 is 5.97 Å². The Morgan fingerprint density at radius 3 is 3.00 bits per heavy atom. The minimum Gasteiger partial charge on any atom is -0.464 e. The Labute approximate surface area is 86.9 Å². The lowest BCUT2D eigenvalue weighted by Gasteiger charge is -1.94. The highest BCUT2D eigenvalue weighted by Gasteiger charge is 2.09. The van der Waals surface area contributed by atoms with Gasteiger partial charge in [0.2, 0.25) is 0 Å². The van der Waals surface area contributed by atoms with Crippen LogP contribution >= 0.6 is 0 Å². The molecule has 0 aromatic carbocycles. The Morgan fingerprint density at radius 2 is 2.33 bits per heavy atom. The molecule has 15 heavy (non-hydrogen) atoms. The maximum atomic E-state index is 11.2. The van der Waals surface area contributed by atoms with Gasteiger partial charge in [-0.3, -0.25) is 4.98 Å². The minimum atomic E-state index is -0.378. The zero-order valence-corrected chi connectivity index (χ0v) is 8.23. The molecular weight excluding hydrogens is 192 g/mol. The summed E-state index contributed by atoms with van der Waals surface area (Å²) < 4.78 is 4.59. The molecule has 2 rings (SSSR count). The summed E-state index contributed by atoms with van der Waals surface area (Å²) in [6, 6.07) is 7.34. The van der Waals surface area contributed by atoms with Crippen LogP contribution in [0.25, 0.3) is 11.3 Å². The van der Waals surface area contributed by atoms with Crippen LogP contribution in [0.3, 0.4) is 0 Å². The lowest BCUT2D eigenvalue weighted by atomic mass is 10.2. The first-order valence-electron chi connectivity index (χ1n) is 4.49. The normalized spacial score (nSPS) is 9.93. The standard InChI is InChI=1S/C11H10N2O2/c1-15-11(14)10-6-8(7-13-10)9-4-2-3-5-12-9/h2-7,13H,1H3. The summed E-state index contributed by atoms with van der Waals surface area (Å²) in [7, 11) is 1.35. The first-order chi connectivity index (χ1) is 7.31. The van der Waals surface area contributed by atoms with Crippen molar-refractivity contribution >= 4 is 5.97 Å². The second-order valence-electron chi connectivity index (χ2n) is 3.01. The van der Waals surface area contributed by atoms with Crippen molar-refractivity contribution in [1.29, 1.82) is 0 Å². The molecule has 4 heteroatoms. The zero-order valence-electron chi connectivity index (χ0n) is 8.23. The van der Waals surface area contributed by atoms with Crippen LogP contribution in [0.15, 0.2) is 36.7 Å². The quantitative estimate of drug-likeness (QED) is 0.756. The van der Waals surface area contributed by atoms with E-state index in [4.69, 9.17) is 0 Å². The lowest BCUT2D eigenvalue weighted by molar-refractivity contribution is 0.0595. The smallest absolute Gasteiger partial charge is 0.354 e. The van der Waals surface area contributed by atoms with E-state index in [-0.39, 0.29) is 5.97 Å². The highest BCUT2D eigenvalue weighted by atomic mass is 16.5. The number of nitrogens with zero attached hydrogens (tertiary/aromatic N) is 1. The molecule has 0 aliphatic heterocycles. The van der Waals surface area contributed by atoms with E-state index >= 15 is 0 Å². The van der Waals surface area contributed by atoms with E-state index in [1.165, 1.54) is 7.11 Å². The van der Waals surface area contributed by atoms with E-state index in [0.29, 0.717) is 5.69 Å². The van der Waals surface area contributed by atoms with Crippen LogP contribution < -0.4 is 0 Å². The molecule has 0 aliphatic carbocycles. The van der Waals surface area contributed by atoms with Gasteiger partial charge in [0, 0.05) is 18.0 Å². The largest absolute Gasteiger partial charge is 0.464 e. The van der Waals surface area contributed by atoms with E-state index in [1.807, 2.05) is 18.2 Å². The van der Waals surface area contributed by atoms with Crippen molar-refractivity contribution < 1.29 is 9.53 Å². The fraction of sp³-hybridized carbons (Fsp3) is 0.0909. The number of aromatic nitrogens is 2. The summed E-state index contributed by atoms with van der Waals surface area (Å²) in [6.45, 7) is 0. The molecule has 0 saturated carbocycles. The maximum absolute atomic E-state index is 11.2. The summed E-state index contributed by atoms with van der Waals surface area (Å²) in [5.41, 5.74) is 2.12. The summed E-state index contributed by atoms with van der Waals surface area (Å²) >= 11 is 0. The predicted octanol–water partition coefficient (Wildman–Crippen LogP) is 1.86. The molecule has 76 valence electrons. The average Bonchev–Trinajstić information content (AvgIpc) is 2.78. The summed E-state index contributed by atoms with van der Waals surface area (Å²) in [6.07, 6.45) is 3.44. The van der Waals surface area contributed by atoms with Gasteiger partial charge in [0.1, 0.15) is 5.69 Å². The fourth-order valence-corrected chi connectivity index (χ4v) is 1.30. The Bertz CT molecular complexity index is 462. The molecule has 4 nitrogen and oxygen atoms in total. The Morgan fingerprint density at radius 1 is 1.47 bits per heavy atom. The van der Waals surface area contributed by atoms with Crippen molar-refractivity contribution in [3.05, 3.63) is 42.4 Å². The molecule has 0 fully saturated rings. The summed E-state index contributed by atoms with van der Waals surface area (Å²) in [5, 5.41) is 0. The molecule has 2 aromatic rings. The van der Waals surface area contributed by atoms with Gasteiger partial charge in [0.15, 0.2) is 0 Å². The maximum Gasteiger partial charge on any atom is 0.354 e. The number of carbonyl (C=O) groups excluding carboxylic acids is 1. The van der Waals surface area contributed by atoms with Crippen LogP contribution in [0, 0.1) is 0 Å². The molecule has 2 heterocycles. The van der Waals surface area contributed by atoms with Crippen LogP contribution in [0.4, 0.5) is 0 Å². The van der Waals surface area contributed by atoms with Gasteiger partial charge in [-0.05, 0) is 18.2 Å². The number of esters is 1. The van der Waals surface area contributed by atoms with Crippen molar-refractivity contribution in [2.75, 3.05) is 7.11 Å². The number of carbonyl (C=O) groups is 1. The molecule has 0 saturated heterocycles. The summed E-state index contributed by atoms with van der Waals surface area (Å²) in [5.74, 6) is -0.378. The van der Waals surface area contributed by atoms with Gasteiger partial charge in [0.05, 0.1) is 12.8 Å². The van der Waals surface area contributed by atoms with Gasteiger partial charge in [-0.25, -0.2) is 4.79 Å². The predicted molar refractivity (Wildman–Crippen MR) is 55.4 cm³/mol. The Balaban J connectivity index is 2.32. The van der Waals surface area contributed by atoms with Gasteiger partial charge in [-0.1, -0.05) is 6.07 Å². The Hall–Kier alpha value is -2.10. The highest BCUT2D eigenvalue weighted by molar-refractivity contribution is 5.89. The third kappa shape index (κ3) is 1.88. The number of ether oxygens (including phenoxy) is 1. The van der Waals surface area contributed by atoms with Gasteiger partial charge in [0.25, 0.3) is 0 Å². The molecule has 0 atom stereocenters. The third-order valence-electron chi connectivity index (χ3n) is 2.05. The molecule has 0 aliphatic rings. The number of H-pyrrole nitrogens is 1. The minimum absolute atomic E-state index is 0.378. The number of aromatic amines is 1. The molecule has 0 radical (unpaired) electrons. The number of pyridine rings is 1. The van der Waals surface area contributed by atoms with Crippen molar-refractivity contribution in [3.63, 3.8) is 0 Å². The average molecular weight is 202 g/mol. The zero-order chi connectivity index (χ0) is 10.7. The van der Waals surface area contributed by atoms with Crippen molar-refractivity contribution in [2.45, 2.75) is 0 Å². The first-order valence-corrected chi connectivity index (χ1v) is 4.49. The number of hydrogen-bond donors (Lipinski definition) is 1. The molecule has 0 amide bonds. The van der Waals surface area contributed by atoms with E-state index in [2.05, 4.69) is 14.7 Å². The lowest BCUT2D eigenvalue weighted by Crippen LogP contribution is -2.00. The topological polar surface area (TPSA) is 55.0 Å². The van der Waals surface area contributed by atoms with Crippen LogP contribution in [0.5, 0.6) is 0 Å². The van der Waals surface area contributed by atoms with Crippen molar-refractivity contribution in [2.24, 2.45) is 0 Å². The van der Waals surface area contributed by atoms with Crippen molar-refractivity contribution in [1.82, 2.24) is 9.97 Å². The van der Waals surface area contributed by atoms with Gasteiger partial charge < -0.3 is 9.72 Å². The Kier molecular flexibility index (Phi) is 2.49. The van der Waals surface area contributed by atoms with Crippen LogP contribution in [0.2, 0.25) is 0 Å². The molecule has 1 N–H and O–H groups in total. The van der Waals surface area contributed by atoms with Gasteiger partial charge in [-0.2, -0.15) is 0 Å². The molecular formula is C11H10N2O2. The number of hydrogen-bond acceptors (Lipinski definition) is 3. The number of rotatable bonds is 2. The van der Waals surface area contributed by atoms with E-state index in [0.717, 1.165) is 11.3 Å².